The number of hydrogen-bond donors (Lipinski definition) is 0. The van der Waals surface area contributed by atoms with E-state index in [2.05, 4.69) is 34.2 Å². The summed E-state index contributed by atoms with van der Waals surface area (Å²) in [6.45, 7) is 0. The van der Waals surface area contributed by atoms with Crippen LogP contribution in [0.2, 0.25) is 0 Å². The second-order valence-electron chi connectivity index (χ2n) is 6.40. The maximum atomic E-state index is 4.89. The number of nitrogens with zero attached hydrogens (tertiary/aromatic N) is 4. The Bertz CT molecular complexity index is 1330. The fourth-order valence-electron chi connectivity index (χ4n) is 3.45. The molecule has 4 nitrogen and oxygen atoms in total. The van der Waals surface area contributed by atoms with Gasteiger partial charge >= 0.3 is 0 Å². The van der Waals surface area contributed by atoms with Gasteiger partial charge in [-0.1, -0.05) is 59.1 Å². The van der Waals surface area contributed by atoms with Gasteiger partial charge in [0.05, 0.1) is 11.0 Å². The second kappa shape index (κ2) is 6.15. The molecule has 0 saturated carbocycles. The van der Waals surface area contributed by atoms with Crippen molar-refractivity contribution in [1.82, 2.24) is 19.9 Å². The highest BCUT2D eigenvalue weighted by molar-refractivity contribution is 7.29. The quantitative estimate of drug-likeness (QED) is 0.350. The predicted molar refractivity (Wildman–Crippen MR) is 117 cm³/mol. The summed E-state index contributed by atoms with van der Waals surface area (Å²) in [7, 11) is 0. The average molecular weight is 397 g/mol. The third kappa shape index (κ3) is 2.42. The van der Waals surface area contributed by atoms with E-state index in [1.54, 1.807) is 22.7 Å². The Hall–Kier alpha value is -3.22. The lowest BCUT2D eigenvalue weighted by molar-refractivity contribution is 1.41. The van der Waals surface area contributed by atoms with Crippen LogP contribution in [0.1, 0.15) is 0 Å². The molecule has 0 aliphatic carbocycles. The van der Waals surface area contributed by atoms with Crippen molar-refractivity contribution in [3.8, 4) is 21.1 Å². The van der Waals surface area contributed by atoms with E-state index in [0.29, 0.717) is 0 Å². The van der Waals surface area contributed by atoms with Crippen molar-refractivity contribution >= 4 is 54.1 Å². The third-order valence-electron chi connectivity index (χ3n) is 4.73. The SMILES string of the molecule is c1cc(-c2nc3sc(-c4cccc5ncccc45)nc3s2)c2cccnc2c1. The number of pyridine rings is 2. The zero-order valence-corrected chi connectivity index (χ0v) is 16.2. The summed E-state index contributed by atoms with van der Waals surface area (Å²) in [5.41, 5.74) is 4.18. The molecular weight excluding hydrogens is 384 g/mol. The lowest BCUT2D eigenvalue weighted by Crippen LogP contribution is -1.83. The zero-order valence-electron chi connectivity index (χ0n) is 14.5. The van der Waals surface area contributed by atoms with E-state index in [1.807, 2.05) is 48.8 Å². The van der Waals surface area contributed by atoms with Gasteiger partial charge in [0.15, 0.2) is 9.66 Å². The van der Waals surface area contributed by atoms with Gasteiger partial charge in [-0.3, -0.25) is 9.97 Å². The minimum atomic E-state index is 0.969. The van der Waals surface area contributed by atoms with Crippen LogP contribution in [0.4, 0.5) is 0 Å². The third-order valence-corrected chi connectivity index (χ3v) is 6.82. The summed E-state index contributed by atoms with van der Waals surface area (Å²) in [4.78, 5) is 20.6. The smallest absolute Gasteiger partial charge is 0.155 e. The molecule has 0 fully saturated rings. The van der Waals surface area contributed by atoms with Crippen molar-refractivity contribution in [3.05, 3.63) is 73.1 Å². The predicted octanol–water partition coefficient (Wildman–Crippen LogP) is 6.18. The van der Waals surface area contributed by atoms with Gasteiger partial charge < -0.3 is 0 Å². The van der Waals surface area contributed by atoms with Crippen LogP contribution < -0.4 is 0 Å². The molecule has 0 bridgehead atoms. The van der Waals surface area contributed by atoms with Crippen LogP contribution in [0.5, 0.6) is 0 Å². The fourth-order valence-corrected chi connectivity index (χ4v) is 5.57. The van der Waals surface area contributed by atoms with E-state index in [9.17, 15) is 0 Å². The Labute approximate surface area is 168 Å². The van der Waals surface area contributed by atoms with E-state index in [1.165, 1.54) is 0 Å². The standard InChI is InChI=1S/C22H12N4S2/c1-5-15(13-7-3-11-23-17(13)9-1)19-25-21-22(27-19)26-20(28-21)16-6-2-10-18-14(16)8-4-12-24-18/h1-12H. The van der Waals surface area contributed by atoms with Crippen molar-refractivity contribution in [2.45, 2.75) is 0 Å². The molecule has 0 spiro atoms. The first-order chi connectivity index (χ1) is 13.9. The summed E-state index contributed by atoms with van der Waals surface area (Å²) in [5.74, 6) is 0. The largest absolute Gasteiger partial charge is 0.256 e. The molecule has 2 aromatic carbocycles. The van der Waals surface area contributed by atoms with E-state index in [4.69, 9.17) is 9.97 Å². The van der Waals surface area contributed by atoms with Gasteiger partial charge in [-0.05, 0) is 24.3 Å². The first kappa shape index (κ1) is 15.8. The molecule has 6 aromatic rings. The molecule has 0 atom stereocenters. The Morgan fingerprint density at radius 3 is 1.54 bits per heavy atom. The lowest BCUT2D eigenvalue weighted by atomic mass is 10.1. The van der Waals surface area contributed by atoms with Gasteiger partial charge in [-0.15, -0.1) is 0 Å². The number of hydrogen-bond acceptors (Lipinski definition) is 6. The Morgan fingerprint density at radius 1 is 0.536 bits per heavy atom. The summed E-state index contributed by atoms with van der Waals surface area (Å²) in [6, 6.07) is 20.4. The minimum Gasteiger partial charge on any atom is -0.256 e. The molecule has 6 rings (SSSR count). The van der Waals surface area contributed by atoms with Crippen LogP contribution in [0.3, 0.4) is 0 Å². The highest BCUT2D eigenvalue weighted by Gasteiger charge is 2.16. The first-order valence-electron chi connectivity index (χ1n) is 8.82. The first-order valence-corrected chi connectivity index (χ1v) is 10.5. The normalized spacial score (nSPS) is 11.6. The average Bonchev–Trinajstić information content (AvgIpc) is 3.32. The summed E-state index contributed by atoms with van der Waals surface area (Å²) in [5, 5.41) is 4.20. The number of thiazole rings is 2. The number of fused-ring (bicyclic) bond motifs is 3. The van der Waals surface area contributed by atoms with E-state index in [0.717, 1.165) is 52.6 Å². The van der Waals surface area contributed by atoms with Gasteiger partial charge in [-0.25, -0.2) is 9.97 Å². The van der Waals surface area contributed by atoms with E-state index < -0.39 is 0 Å². The van der Waals surface area contributed by atoms with Crippen LogP contribution in [-0.4, -0.2) is 19.9 Å². The number of benzene rings is 2. The molecule has 28 heavy (non-hydrogen) atoms. The maximum absolute atomic E-state index is 4.89. The zero-order chi connectivity index (χ0) is 18.5. The van der Waals surface area contributed by atoms with Crippen molar-refractivity contribution in [1.29, 1.82) is 0 Å². The Kier molecular flexibility index (Phi) is 3.47. The van der Waals surface area contributed by atoms with Gasteiger partial charge in [0.1, 0.15) is 10.0 Å². The van der Waals surface area contributed by atoms with Gasteiger partial charge in [0.2, 0.25) is 0 Å². The summed E-state index contributed by atoms with van der Waals surface area (Å²) >= 11 is 3.26. The van der Waals surface area contributed by atoms with Gasteiger partial charge in [0, 0.05) is 34.3 Å². The van der Waals surface area contributed by atoms with Gasteiger partial charge in [-0.2, -0.15) is 0 Å². The van der Waals surface area contributed by atoms with Crippen molar-refractivity contribution in [3.63, 3.8) is 0 Å². The molecular formula is C22H12N4S2. The molecule has 0 amide bonds. The van der Waals surface area contributed by atoms with Crippen LogP contribution in [0.15, 0.2) is 73.1 Å². The van der Waals surface area contributed by atoms with E-state index in [-0.39, 0.29) is 0 Å². The highest BCUT2D eigenvalue weighted by atomic mass is 32.1. The summed E-state index contributed by atoms with van der Waals surface area (Å²) in [6.07, 6.45) is 3.64. The van der Waals surface area contributed by atoms with Gasteiger partial charge in [0.25, 0.3) is 0 Å². The molecule has 0 aliphatic heterocycles. The second-order valence-corrected chi connectivity index (χ2v) is 8.35. The lowest BCUT2D eigenvalue weighted by Gasteiger charge is -2.03. The minimum absolute atomic E-state index is 0.969. The Balaban J connectivity index is 1.50. The number of aromatic nitrogens is 4. The topological polar surface area (TPSA) is 51.6 Å². The molecule has 6 heteroatoms. The highest BCUT2D eigenvalue weighted by Crippen LogP contribution is 2.39. The number of rotatable bonds is 2. The molecule has 4 aromatic heterocycles. The van der Waals surface area contributed by atoms with Crippen LogP contribution in [0.25, 0.3) is 52.6 Å². The molecule has 0 radical (unpaired) electrons. The van der Waals surface area contributed by atoms with Crippen LogP contribution in [-0.2, 0) is 0 Å². The fraction of sp³-hybridized carbons (Fsp3) is 0. The van der Waals surface area contributed by atoms with E-state index >= 15 is 0 Å². The molecule has 132 valence electrons. The molecule has 0 N–H and O–H groups in total. The molecule has 0 aliphatic rings. The molecule has 0 saturated heterocycles. The monoisotopic (exact) mass is 396 g/mol. The molecule has 4 heterocycles. The summed E-state index contributed by atoms with van der Waals surface area (Å²) < 4.78 is 0. The van der Waals surface area contributed by atoms with Crippen molar-refractivity contribution in [2.75, 3.05) is 0 Å². The van der Waals surface area contributed by atoms with Crippen LogP contribution in [0, 0.1) is 0 Å². The van der Waals surface area contributed by atoms with Crippen LogP contribution >= 0.6 is 22.7 Å². The maximum Gasteiger partial charge on any atom is 0.155 e. The van der Waals surface area contributed by atoms with Crippen molar-refractivity contribution in [2.24, 2.45) is 0 Å². The molecule has 0 unspecified atom stereocenters. The Morgan fingerprint density at radius 2 is 1.04 bits per heavy atom. The van der Waals surface area contributed by atoms with Crippen molar-refractivity contribution < 1.29 is 0 Å².